The molecule has 1 atom stereocenters. The van der Waals surface area contributed by atoms with Crippen LogP contribution in [0.4, 0.5) is 10.8 Å². The molecule has 1 aliphatic rings. The number of anilines is 1. The first-order chi connectivity index (χ1) is 14.9. The fourth-order valence-electron chi connectivity index (χ4n) is 2.76. The molecule has 0 spiro atoms. The van der Waals surface area contributed by atoms with Crippen molar-refractivity contribution < 1.29 is 28.7 Å². The Morgan fingerprint density at radius 2 is 2.03 bits per heavy atom. The summed E-state index contributed by atoms with van der Waals surface area (Å²) in [5.41, 5.74) is 1.20. The lowest BCUT2D eigenvalue weighted by Crippen LogP contribution is -2.29. The number of hydrogen-bond acceptors (Lipinski definition) is 9. The van der Waals surface area contributed by atoms with E-state index in [-0.39, 0.29) is 23.2 Å². The van der Waals surface area contributed by atoms with Gasteiger partial charge in [-0.15, -0.1) is 11.3 Å². The molecular formula is C20H15N3O7S. The lowest BCUT2D eigenvalue weighted by molar-refractivity contribution is -0.384. The van der Waals surface area contributed by atoms with Gasteiger partial charge in [-0.3, -0.25) is 20.2 Å². The molecule has 0 unspecified atom stereocenters. The van der Waals surface area contributed by atoms with E-state index in [1.807, 2.05) is 0 Å². The van der Waals surface area contributed by atoms with Gasteiger partial charge >= 0.3 is 5.97 Å². The highest BCUT2D eigenvalue weighted by atomic mass is 32.1. The topological polar surface area (TPSA) is 130 Å². The summed E-state index contributed by atoms with van der Waals surface area (Å²) in [6, 6.07) is 10.6. The largest absolute Gasteiger partial charge is 0.454 e. The minimum atomic E-state index is -1.08. The van der Waals surface area contributed by atoms with Gasteiger partial charge in [-0.05, 0) is 25.1 Å². The lowest BCUT2D eigenvalue weighted by atomic mass is 10.1. The van der Waals surface area contributed by atoms with Crippen LogP contribution in [-0.4, -0.2) is 34.7 Å². The number of esters is 1. The number of nitrogens with zero attached hydrogens (tertiary/aromatic N) is 2. The minimum Gasteiger partial charge on any atom is -0.454 e. The van der Waals surface area contributed by atoms with Gasteiger partial charge < -0.3 is 14.2 Å². The van der Waals surface area contributed by atoms with E-state index in [1.165, 1.54) is 31.2 Å². The molecule has 10 nitrogen and oxygen atoms in total. The summed E-state index contributed by atoms with van der Waals surface area (Å²) in [5.74, 6) is -0.278. The van der Waals surface area contributed by atoms with Crippen LogP contribution in [-0.2, 0) is 9.53 Å². The molecule has 4 rings (SSSR count). The van der Waals surface area contributed by atoms with Crippen molar-refractivity contribution in [3.63, 3.8) is 0 Å². The number of nitrogens with one attached hydrogen (secondary N) is 1. The molecule has 0 radical (unpaired) electrons. The molecule has 31 heavy (non-hydrogen) atoms. The van der Waals surface area contributed by atoms with Crippen molar-refractivity contribution in [2.75, 3.05) is 12.1 Å². The summed E-state index contributed by atoms with van der Waals surface area (Å²) >= 11 is 1.15. The number of nitro groups is 1. The Hall–Kier alpha value is -3.99. The van der Waals surface area contributed by atoms with Crippen molar-refractivity contribution in [1.82, 2.24) is 4.98 Å². The van der Waals surface area contributed by atoms with E-state index in [0.717, 1.165) is 11.3 Å². The van der Waals surface area contributed by atoms with E-state index in [0.29, 0.717) is 22.8 Å². The summed E-state index contributed by atoms with van der Waals surface area (Å²) < 4.78 is 15.6. The van der Waals surface area contributed by atoms with Gasteiger partial charge in [-0.1, -0.05) is 12.1 Å². The second kappa shape index (κ2) is 8.40. The highest BCUT2D eigenvalue weighted by Crippen LogP contribution is 2.33. The van der Waals surface area contributed by atoms with Crippen LogP contribution in [0.3, 0.4) is 0 Å². The molecule has 1 amide bonds. The first-order valence-corrected chi connectivity index (χ1v) is 9.90. The number of rotatable bonds is 6. The molecule has 0 fully saturated rings. The van der Waals surface area contributed by atoms with Crippen molar-refractivity contribution in [1.29, 1.82) is 0 Å². The number of carbonyl (C=O) groups is 2. The number of fused-ring (bicyclic) bond motifs is 1. The number of aromatic nitrogens is 1. The molecule has 1 aromatic heterocycles. The van der Waals surface area contributed by atoms with Gasteiger partial charge in [-0.25, -0.2) is 9.78 Å². The zero-order valence-electron chi connectivity index (χ0n) is 16.1. The maximum atomic E-state index is 12.4. The summed E-state index contributed by atoms with van der Waals surface area (Å²) in [6.45, 7) is 1.52. The zero-order chi connectivity index (χ0) is 22.0. The van der Waals surface area contributed by atoms with Crippen molar-refractivity contribution >= 4 is 34.0 Å². The quantitative estimate of drug-likeness (QED) is 0.349. The number of benzene rings is 2. The molecular weight excluding hydrogens is 426 g/mol. The average molecular weight is 441 g/mol. The Balaban J connectivity index is 1.39. The van der Waals surface area contributed by atoms with E-state index in [9.17, 15) is 19.7 Å². The van der Waals surface area contributed by atoms with Gasteiger partial charge in [0.15, 0.2) is 22.7 Å². The molecule has 1 aliphatic heterocycles. The molecule has 158 valence electrons. The van der Waals surface area contributed by atoms with E-state index < -0.39 is 22.9 Å². The highest BCUT2D eigenvalue weighted by molar-refractivity contribution is 7.14. The summed E-state index contributed by atoms with van der Waals surface area (Å²) in [4.78, 5) is 39.4. The maximum absolute atomic E-state index is 12.4. The molecule has 2 aromatic carbocycles. The predicted molar refractivity (Wildman–Crippen MR) is 110 cm³/mol. The van der Waals surface area contributed by atoms with Crippen LogP contribution in [0, 0.1) is 10.1 Å². The zero-order valence-corrected chi connectivity index (χ0v) is 16.9. The third-order valence-electron chi connectivity index (χ3n) is 4.35. The SMILES string of the molecule is C[C@H](OC(=O)c1ccc2c(c1)OCO2)C(=O)Nc1nc(-c2cccc([N+](=O)[O-])c2)cs1. The normalized spacial score (nSPS) is 12.8. The Kier molecular flexibility index (Phi) is 5.50. The first kappa shape index (κ1) is 20.3. The van der Waals surface area contributed by atoms with Gasteiger partial charge in [-0.2, -0.15) is 0 Å². The number of ether oxygens (including phenoxy) is 3. The fraction of sp³-hybridized carbons (Fsp3) is 0.150. The molecule has 0 aliphatic carbocycles. The van der Waals surface area contributed by atoms with Gasteiger partial charge in [0.25, 0.3) is 11.6 Å². The van der Waals surface area contributed by atoms with Crippen LogP contribution < -0.4 is 14.8 Å². The lowest BCUT2D eigenvalue weighted by Gasteiger charge is -2.12. The van der Waals surface area contributed by atoms with Gasteiger partial charge in [0.2, 0.25) is 6.79 Å². The Bertz CT molecular complexity index is 1180. The Morgan fingerprint density at radius 1 is 1.23 bits per heavy atom. The Morgan fingerprint density at radius 3 is 2.84 bits per heavy atom. The second-order valence-corrected chi connectivity index (χ2v) is 7.31. The van der Waals surface area contributed by atoms with Crippen molar-refractivity contribution in [2.24, 2.45) is 0 Å². The standard InChI is InChI=1S/C20H15N3O7S/c1-11(30-19(25)13-5-6-16-17(8-13)29-10-28-16)18(24)22-20-21-15(9-31-20)12-3-2-4-14(7-12)23(26)27/h2-9,11H,10H2,1H3,(H,21,22,24)/t11-/m0/s1. The molecule has 0 saturated carbocycles. The molecule has 11 heteroatoms. The van der Waals surface area contributed by atoms with Crippen molar-refractivity contribution in [2.45, 2.75) is 13.0 Å². The van der Waals surface area contributed by atoms with Crippen LogP contribution in [0.5, 0.6) is 11.5 Å². The molecule has 0 bridgehead atoms. The summed E-state index contributed by atoms with van der Waals surface area (Å²) in [5, 5.41) is 15.5. The molecule has 2 heterocycles. The maximum Gasteiger partial charge on any atom is 0.339 e. The number of amides is 1. The van der Waals surface area contributed by atoms with Crippen LogP contribution in [0.25, 0.3) is 11.3 Å². The molecule has 0 saturated heterocycles. The number of thiazole rings is 1. The molecule has 1 N–H and O–H groups in total. The minimum absolute atomic E-state index is 0.0554. The number of non-ortho nitro benzene ring substituents is 1. The van der Waals surface area contributed by atoms with E-state index in [2.05, 4.69) is 10.3 Å². The first-order valence-electron chi connectivity index (χ1n) is 9.02. The predicted octanol–water partition coefficient (Wildman–Crippen LogP) is 3.63. The third kappa shape index (κ3) is 4.46. The Labute approximate surface area is 179 Å². The van der Waals surface area contributed by atoms with Crippen LogP contribution in [0.1, 0.15) is 17.3 Å². The van der Waals surface area contributed by atoms with Gasteiger partial charge in [0.05, 0.1) is 16.2 Å². The van der Waals surface area contributed by atoms with Gasteiger partial charge in [0.1, 0.15) is 0 Å². The van der Waals surface area contributed by atoms with Crippen molar-refractivity contribution in [3.05, 3.63) is 63.5 Å². The van der Waals surface area contributed by atoms with Crippen LogP contribution >= 0.6 is 11.3 Å². The number of carbonyl (C=O) groups excluding carboxylic acids is 2. The summed E-state index contributed by atoms with van der Waals surface area (Å²) in [6.07, 6.45) is -1.08. The average Bonchev–Trinajstić information content (AvgIpc) is 3.42. The number of hydrogen-bond donors (Lipinski definition) is 1. The smallest absolute Gasteiger partial charge is 0.339 e. The van der Waals surface area contributed by atoms with Gasteiger partial charge in [0, 0.05) is 23.1 Å². The number of nitro benzene ring substituents is 1. The third-order valence-corrected chi connectivity index (χ3v) is 5.11. The van der Waals surface area contributed by atoms with E-state index >= 15 is 0 Å². The van der Waals surface area contributed by atoms with E-state index in [1.54, 1.807) is 23.6 Å². The van der Waals surface area contributed by atoms with Crippen molar-refractivity contribution in [3.8, 4) is 22.8 Å². The van der Waals surface area contributed by atoms with Crippen LogP contribution in [0.15, 0.2) is 47.8 Å². The molecule has 3 aromatic rings. The summed E-state index contributed by atoms with van der Waals surface area (Å²) in [7, 11) is 0. The highest BCUT2D eigenvalue weighted by Gasteiger charge is 2.22. The second-order valence-electron chi connectivity index (χ2n) is 6.45. The monoisotopic (exact) mass is 441 g/mol. The van der Waals surface area contributed by atoms with Crippen LogP contribution in [0.2, 0.25) is 0 Å². The van der Waals surface area contributed by atoms with E-state index in [4.69, 9.17) is 14.2 Å². The fourth-order valence-corrected chi connectivity index (χ4v) is 3.48.